The first kappa shape index (κ1) is 14.7. The van der Waals surface area contributed by atoms with Crippen molar-refractivity contribution in [2.45, 2.75) is 11.0 Å². The van der Waals surface area contributed by atoms with Gasteiger partial charge in [0.25, 0.3) is 0 Å². The Morgan fingerprint density at radius 3 is 2.63 bits per heavy atom. The lowest BCUT2D eigenvalue weighted by molar-refractivity contribution is 0.204. The van der Waals surface area contributed by atoms with Crippen LogP contribution in [0.4, 0.5) is 4.39 Å². The van der Waals surface area contributed by atoms with Crippen molar-refractivity contribution < 1.29 is 9.50 Å². The van der Waals surface area contributed by atoms with Gasteiger partial charge in [0.1, 0.15) is 5.82 Å². The third-order valence-electron chi connectivity index (χ3n) is 2.55. The van der Waals surface area contributed by atoms with Crippen LogP contribution in [0.3, 0.4) is 0 Å². The van der Waals surface area contributed by atoms with E-state index in [1.807, 2.05) is 0 Å². The second-order valence-electron chi connectivity index (χ2n) is 3.92. The van der Waals surface area contributed by atoms with Crippen LogP contribution in [-0.2, 0) is 0 Å². The molecule has 1 unspecified atom stereocenters. The number of aliphatic hydroxyl groups is 1. The van der Waals surface area contributed by atoms with Crippen LogP contribution in [0.1, 0.15) is 11.7 Å². The molecule has 2 aromatic carbocycles. The summed E-state index contributed by atoms with van der Waals surface area (Å²) in [6.07, 6.45) is -0.796. The summed E-state index contributed by atoms with van der Waals surface area (Å²) in [7, 11) is 0. The first-order valence-corrected chi connectivity index (χ1v) is 7.32. The van der Waals surface area contributed by atoms with E-state index in [0.717, 1.165) is 0 Å². The van der Waals surface area contributed by atoms with Crippen LogP contribution in [0.2, 0.25) is 10.0 Å². The van der Waals surface area contributed by atoms with E-state index in [2.05, 4.69) is 0 Å². The molecule has 2 aromatic rings. The monoisotopic (exact) mass is 316 g/mol. The maximum Gasteiger partial charge on any atom is 0.136 e. The molecule has 19 heavy (non-hydrogen) atoms. The third-order valence-corrected chi connectivity index (χ3v) is 4.25. The highest BCUT2D eigenvalue weighted by molar-refractivity contribution is 7.99. The summed E-state index contributed by atoms with van der Waals surface area (Å²) in [5.41, 5.74) is 0.554. The highest BCUT2D eigenvalue weighted by Crippen LogP contribution is 2.31. The van der Waals surface area contributed by atoms with E-state index in [-0.39, 0.29) is 5.82 Å². The van der Waals surface area contributed by atoms with Gasteiger partial charge >= 0.3 is 0 Å². The second kappa shape index (κ2) is 6.62. The number of rotatable bonds is 4. The van der Waals surface area contributed by atoms with Crippen LogP contribution in [0, 0.1) is 5.82 Å². The summed E-state index contributed by atoms with van der Waals surface area (Å²) >= 11 is 13.1. The molecule has 0 saturated carbocycles. The number of thioether (sulfide) groups is 1. The molecule has 0 aliphatic heterocycles. The van der Waals surface area contributed by atoms with Gasteiger partial charge in [-0.05, 0) is 30.3 Å². The lowest BCUT2D eigenvalue weighted by Gasteiger charge is -2.13. The molecular weight excluding hydrogens is 306 g/mol. The van der Waals surface area contributed by atoms with Crippen LogP contribution in [-0.4, -0.2) is 10.9 Å². The van der Waals surface area contributed by atoms with Crippen molar-refractivity contribution in [1.29, 1.82) is 0 Å². The standard InChI is InChI=1S/C14H11Cl2FOS/c15-9-5-6-11(16)10(7-9)13(18)8-19-14-4-2-1-3-12(14)17/h1-7,13,18H,8H2. The smallest absolute Gasteiger partial charge is 0.136 e. The summed E-state index contributed by atoms with van der Waals surface area (Å²) < 4.78 is 13.4. The Labute approximate surface area is 125 Å². The Morgan fingerprint density at radius 2 is 1.89 bits per heavy atom. The Kier molecular flexibility index (Phi) is 5.11. The van der Waals surface area contributed by atoms with Gasteiger partial charge in [-0.25, -0.2) is 4.39 Å². The summed E-state index contributed by atoms with van der Waals surface area (Å²) in [6.45, 7) is 0. The zero-order valence-electron chi connectivity index (χ0n) is 9.82. The molecule has 0 saturated heterocycles. The summed E-state index contributed by atoms with van der Waals surface area (Å²) in [5, 5.41) is 11.1. The normalized spacial score (nSPS) is 12.4. The molecular formula is C14H11Cl2FOS. The van der Waals surface area contributed by atoms with Gasteiger partial charge in [-0.1, -0.05) is 35.3 Å². The van der Waals surface area contributed by atoms with Crippen LogP contribution in [0.15, 0.2) is 47.4 Å². The molecule has 100 valence electrons. The maximum absolute atomic E-state index is 13.4. The van der Waals surface area contributed by atoms with Crippen LogP contribution >= 0.6 is 35.0 Å². The predicted molar refractivity (Wildman–Crippen MR) is 78.5 cm³/mol. The van der Waals surface area contributed by atoms with Crippen molar-refractivity contribution >= 4 is 35.0 Å². The van der Waals surface area contributed by atoms with Gasteiger partial charge in [0.15, 0.2) is 0 Å². The van der Waals surface area contributed by atoms with E-state index in [1.54, 1.807) is 36.4 Å². The first-order chi connectivity index (χ1) is 9.08. The number of hydrogen-bond donors (Lipinski definition) is 1. The van der Waals surface area contributed by atoms with Gasteiger partial charge in [0, 0.05) is 26.3 Å². The molecule has 0 radical (unpaired) electrons. The van der Waals surface area contributed by atoms with E-state index < -0.39 is 6.10 Å². The SMILES string of the molecule is OC(CSc1ccccc1F)c1cc(Cl)ccc1Cl. The van der Waals surface area contributed by atoms with E-state index in [1.165, 1.54) is 17.8 Å². The highest BCUT2D eigenvalue weighted by atomic mass is 35.5. The molecule has 5 heteroatoms. The summed E-state index contributed by atoms with van der Waals surface area (Å²) in [5.74, 6) is 0.0120. The minimum absolute atomic E-state index is 0.295. The van der Waals surface area contributed by atoms with Gasteiger partial charge in [-0.3, -0.25) is 0 Å². The van der Waals surface area contributed by atoms with Gasteiger partial charge in [0.2, 0.25) is 0 Å². The van der Waals surface area contributed by atoms with E-state index in [9.17, 15) is 9.50 Å². The topological polar surface area (TPSA) is 20.2 Å². The van der Waals surface area contributed by atoms with E-state index in [0.29, 0.717) is 26.3 Å². The Bertz CT molecular complexity index is 577. The van der Waals surface area contributed by atoms with Gasteiger partial charge in [0.05, 0.1) is 6.10 Å². The lowest BCUT2D eigenvalue weighted by atomic mass is 10.1. The van der Waals surface area contributed by atoms with Crippen molar-refractivity contribution in [3.63, 3.8) is 0 Å². The molecule has 0 amide bonds. The number of halogens is 3. The van der Waals surface area contributed by atoms with Crippen LogP contribution in [0.25, 0.3) is 0 Å². The highest BCUT2D eigenvalue weighted by Gasteiger charge is 2.13. The summed E-state index contributed by atoms with van der Waals surface area (Å²) in [6, 6.07) is 11.4. The molecule has 0 aliphatic rings. The molecule has 0 bridgehead atoms. The minimum atomic E-state index is -0.796. The number of hydrogen-bond acceptors (Lipinski definition) is 2. The largest absolute Gasteiger partial charge is 0.387 e. The molecule has 0 aliphatic carbocycles. The fraction of sp³-hybridized carbons (Fsp3) is 0.143. The Balaban J connectivity index is 2.07. The Morgan fingerprint density at radius 1 is 1.16 bits per heavy atom. The Hall–Kier alpha value is -0.740. The molecule has 2 rings (SSSR count). The average Bonchev–Trinajstić information content (AvgIpc) is 2.40. The first-order valence-electron chi connectivity index (χ1n) is 5.58. The molecule has 1 N–H and O–H groups in total. The zero-order chi connectivity index (χ0) is 13.8. The van der Waals surface area contributed by atoms with Gasteiger partial charge < -0.3 is 5.11 Å². The molecule has 1 atom stereocenters. The van der Waals surface area contributed by atoms with Crippen LogP contribution in [0.5, 0.6) is 0 Å². The molecule has 0 fully saturated rings. The zero-order valence-corrected chi connectivity index (χ0v) is 12.1. The fourth-order valence-electron chi connectivity index (χ4n) is 1.59. The van der Waals surface area contributed by atoms with Crippen molar-refractivity contribution in [1.82, 2.24) is 0 Å². The molecule has 0 spiro atoms. The lowest BCUT2D eigenvalue weighted by Crippen LogP contribution is -2.01. The predicted octanol–water partition coefficient (Wildman–Crippen LogP) is 4.96. The maximum atomic E-state index is 13.4. The summed E-state index contributed by atoms with van der Waals surface area (Å²) in [4.78, 5) is 0.500. The average molecular weight is 317 g/mol. The van der Waals surface area contributed by atoms with Gasteiger partial charge in [-0.15, -0.1) is 11.8 Å². The van der Waals surface area contributed by atoms with Crippen molar-refractivity contribution in [3.05, 3.63) is 63.9 Å². The number of aliphatic hydroxyl groups excluding tert-OH is 1. The molecule has 0 aromatic heterocycles. The van der Waals surface area contributed by atoms with Crippen LogP contribution < -0.4 is 0 Å². The third kappa shape index (κ3) is 3.86. The van der Waals surface area contributed by atoms with E-state index >= 15 is 0 Å². The quantitative estimate of drug-likeness (QED) is 0.805. The van der Waals surface area contributed by atoms with Crippen molar-refractivity contribution in [3.8, 4) is 0 Å². The van der Waals surface area contributed by atoms with Gasteiger partial charge in [-0.2, -0.15) is 0 Å². The van der Waals surface area contributed by atoms with Crippen molar-refractivity contribution in [2.75, 3.05) is 5.75 Å². The molecule has 0 heterocycles. The molecule has 1 nitrogen and oxygen atoms in total. The fourth-order valence-corrected chi connectivity index (χ4v) is 2.91. The van der Waals surface area contributed by atoms with E-state index in [4.69, 9.17) is 23.2 Å². The minimum Gasteiger partial charge on any atom is -0.387 e. The number of benzene rings is 2. The second-order valence-corrected chi connectivity index (χ2v) is 5.83. The van der Waals surface area contributed by atoms with Crippen molar-refractivity contribution in [2.24, 2.45) is 0 Å².